The summed E-state index contributed by atoms with van der Waals surface area (Å²) in [5.74, 6) is 0. The van der Waals surface area contributed by atoms with Crippen molar-refractivity contribution in [3.8, 4) is 0 Å². The van der Waals surface area contributed by atoms with Crippen molar-refractivity contribution in [3.63, 3.8) is 0 Å². The molecule has 0 spiro atoms. The first-order valence-electron chi connectivity index (χ1n) is 6.06. The highest BCUT2D eigenvalue weighted by Gasteiger charge is 2.22. The molecule has 1 unspecified atom stereocenters. The summed E-state index contributed by atoms with van der Waals surface area (Å²) in [4.78, 5) is 0. The number of hydrogen-bond donors (Lipinski definition) is 1. The van der Waals surface area contributed by atoms with E-state index in [9.17, 15) is 0 Å². The lowest BCUT2D eigenvalue weighted by Gasteiger charge is -2.12. The summed E-state index contributed by atoms with van der Waals surface area (Å²) in [6, 6.07) is 15.8. The Morgan fingerprint density at radius 3 is 2.58 bits per heavy atom. The van der Waals surface area contributed by atoms with E-state index in [0.717, 1.165) is 23.3 Å². The molecule has 1 heterocycles. The van der Waals surface area contributed by atoms with Crippen LogP contribution in [0.15, 0.2) is 53.6 Å². The fourth-order valence-electron chi connectivity index (χ4n) is 2.22. The second-order valence-electron chi connectivity index (χ2n) is 4.48. The molecule has 0 fully saturated rings. The Labute approximate surface area is 122 Å². The van der Waals surface area contributed by atoms with Crippen molar-refractivity contribution < 1.29 is 0 Å². The first kappa shape index (κ1) is 12.5. The molecule has 4 heteroatoms. The van der Waals surface area contributed by atoms with Crippen LogP contribution >= 0.6 is 23.2 Å². The largest absolute Gasteiger partial charge is 0.302 e. The second kappa shape index (κ2) is 5.24. The number of benzene rings is 2. The van der Waals surface area contributed by atoms with Gasteiger partial charge in [-0.2, -0.15) is 5.10 Å². The van der Waals surface area contributed by atoms with Crippen molar-refractivity contribution in [2.24, 2.45) is 5.10 Å². The molecule has 0 amide bonds. The summed E-state index contributed by atoms with van der Waals surface area (Å²) in [5.41, 5.74) is 6.36. The monoisotopic (exact) mass is 290 g/mol. The predicted octanol–water partition coefficient (Wildman–Crippen LogP) is 4.43. The van der Waals surface area contributed by atoms with Crippen molar-refractivity contribution in [2.45, 2.75) is 12.5 Å². The molecule has 96 valence electrons. The zero-order valence-corrected chi connectivity index (χ0v) is 11.6. The highest BCUT2D eigenvalue weighted by Crippen LogP contribution is 2.31. The van der Waals surface area contributed by atoms with Crippen LogP contribution in [0.1, 0.15) is 23.6 Å². The Hall–Kier alpha value is -1.51. The van der Waals surface area contributed by atoms with Crippen LogP contribution < -0.4 is 5.43 Å². The third kappa shape index (κ3) is 2.60. The Balaban J connectivity index is 1.81. The third-order valence-electron chi connectivity index (χ3n) is 3.20. The van der Waals surface area contributed by atoms with Gasteiger partial charge in [0.2, 0.25) is 0 Å². The molecule has 0 aromatic heterocycles. The molecule has 0 saturated carbocycles. The van der Waals surface area contributed by atoms with Crippen LogP contribution in [0, 0.1) is 0 Å². The van der Waals surface area contributed by atoms with Crippen LogP contribution in [0.25, 0.3) is 0 Å². The van der Waals surface area contributed by atoms with Gasteiger partial charge in [0.05, 0.1) is 11.8 Å². The Morgan fingerprint density at radius 1 is 1.05 bits per heavy atom. The van der Waals surface area contributed by atoms with Crippen LogP contribution in [0.3, 0.4) is 0 Å². The molecular formula is C15H12Cl2N2. The van der Waals surface area contributed by atoms with Crippen LogP contribution in [0.4, 0.5) is 0 Å². The lowest BCUT2D eigenvalue weighted by Crippen LogP contribution is -2.10. The molecule has 1 N–H and O–H groups in total. The van der Waals surface area contributed by atoms with E-state index in [0.29, 0.717) is 10.0 Å². The van der Waals surface area contributed by atoms with Gasteiger partial charge in [0.1, 0.15) is 0 Å². The van der Waals surface area contributed by atoms with Crippen LogP contribution in [-0.2, 0) is 0 Å². The molecule has 19 heavy (non-hydrogen) atoms. The normalized spacial score (nSPS) is 18.0. The molecule has 0 aliphatic carbocycles. The molecule has 1 atom stereocenters. The highest BCUT2D eigenvalue weighted by molar-refractivity contribution is 6.35. The summed E-state index contributed by atoms with van der Waals surface area (Å²) in [6.07, 6.45) is 0.825. The number of hydrazone groups is 1. The van der Waals surface area contributed by atoms with Gasteiger partial charge in [0, 0.05) is 16.5 Å². The minimum absolute atomic E-state index is 0.111. The standard InChI is InChI=1S/C15H12Cl2N2/c16-11-6-7-12(13(17)8-11)15-9-14(18-19-15)10-4-2-1-3-5-10/h1-8,15,19H,9H2. The Morgan fingerprint density at radius 2 is 1.84 bits per heavy atom. The molecule has 0 saturated heterocycles. The average molecular weight is 291 g/mol. The summed E-state index contributed by atoms with van der Waals surface area (Å²) >= 11 is 12.1. The molecule has 0 radical (unpaired) electrons. The Kier molecular flexibility index (Phi) is 3.45. The van der Waals surface area contributed by atoms with Gasteiger partial charge in [-0.3, -0.25) is 0 Å². The van der Waals surface area contributed by atoms with Gasteiger partial charge in [-0.25, -0.2) is 0 Å². The quantitative estimate of drug-likeness (QED) is 0.869. The maximum Gasteiger partial charge on any atom is 0.0760 e. The zero-order valence-electron chi connectivity index (χ0n) is 10.1. The molecule has 2 aromatic rings. The van der Waals surface area contributed by atoms with Crippen molar-refractivity contribution >= 4 is 28.9 Å². The third-order valence-corrected chi connectivity index (χ3v) is 3.76. The molecule has 0 bridgehead atoms. The summed E-state index contributed by atoms with van der Waals surface area (Å²) < 4.78 is 0. The van der Waals surface area contributed by atoms with Gasteiger partial charge in [0.25, 0.3) is 0 Å². The van der Waals surface area contributed by atoms with Crippen molar-refractivity contribution in [1.29, 1.82) is 0 Å². The smallest absolute Gasteiger partial charge is 0.0760 e. The molecule has 1 aliphatic rings. The second-order valence-corrected chi connectivity index (χ2v) is 5.32. The van der Waals surface area contributed by atoms with Gasteiger partial charge in [-0.05, 0) is 23.3 Å². The van der Waals surface area contributed by atoms with E-state index in [1.54, 1.807) is 6.07 Å². The zero-order chi connectivity index (χ0) is 13.2. The van der Waals surface area contributed by atoms with Crippen molar-refractivity contribution in [1.82, 2.24) is 5.43 Å². The lowest BCUT2D eigenvalue weighted by atomic mass is 9.99. The molecule has 1 aliphatic heterocycles. The van der Waals surface area contributed by atoms with E-state index in [1.807, 2.05) is 30.3 Å². The molecule has 3 rings (SSSR count). The van der Waals surface area contributed by atoms with Gasteiger partial charge in [-0.15, -0.1) is 0 Å². The number of nitrogens with zero attached hydrogens (tertiary/aromatic N) is 1. The highest BCUT2D eigenvalue weighted by atomic mass is 35.5. The fraction of sp³-hybridized carbons (Fsp3) is 0.133. The predicted molar refractivity (Wildman–Crippen MR) is 79.9 cm³/mol. The van der Waals surface area contributed by atoms with Crippen LogP contribution in [0.2, 0.25) is 10.0 Å². The average Bonchev–Trinajstić information content (AvgIpc) is 2.89. The topological polar surface area (TPSA) is 24.4 Å². The number of rotatable bonds is 2. The minimum atomic E-state index is 0.111. The number of nitrogens with one attached hydrogen (secondary N) is 1. The number of hydrogen-bond acceptors (Lipinski definition) is 2. The first-order valence-corrected chi connectivity index (χ1v) is 6.82. The van der Waals surface area contributed by atoms with Crippen molar-refractivity contribution in [3.05, 3.63) is 69.7 Å². The summed E-state index contributed by atoms with van der Waals surface area (Å²) in [7, 11) is 0. The first-order chi connectivity index (χ1) is 9.24. The van der Waals surface area contributed by atoms with E-state index >= 15 is 0 Å². The Bertz CT molecular complexity index is 623. The van der Waals surface area contributed by atoms with E-state index in [-0.39, 0.29) is 6.04 Å². The fourth-order valence-corrected chi connectivity index (χ4v) is 2.76. The van der Waals surface area contributed by atoms with E-state index < -0.39 is 0 Å². The lowest BCUT2D eigenvalue weighted by molar-refractivity contribution is 0.620. The van der Waals surface area contributed by atoms with Gasteiger partial charge >= 0.3 is 0 Å². The molecular weight excluding hydrogens is 279 g/mol. The van der Waals surface area contributed by atoms with E-state index in [1.165, 1.54) is 0 Å². The minimum Gasteiger partial charge on any atom is -0.302 e. The van der Waals surface area contributed by atoms with Crippen molar-refractivity contribution in [2.75, 3.05) is 0 Å². The van der Waals surface area contributed by atoms with E-state index in [2.05, 4.69) is 22.7 Å². The van der Waals surface area contributed by atoms with E-state index in [4.69, 9.17) is 23.2 Å². The van der Waals surface area contributed by atoms with Gasteiger partial charge in [0.15, 0.2) is 0 Å². The molecule has 2 aromatic carbocycles. The maximum atomic E-state index is 6.23. The van der Waals surface area contributed by atoms with Crippen LogP contribution in [0.5, 0.6) is 0 Å². The van der Waals surface area contributed by atoms with Gasteiger partial charge in [-0.1, -0.05) is 59.6 Å². The summed E-state index contributed by atoms with van der Waals surface area (Å²) in [6.45, 7) is 0. The van der Waals surface area contributed by atoms with Gasteiger partial charge < -0.3 is 5.43 Å². The number of halogens is 2. The SMILES string of the molecule is Clc1ccc(C2CC(c3ccccc3)=NN2)c(Cl)c1. The molecule has 2 nitrogen and oxygen atoms in total. The summed E-state index contributed by atoms with van der Waals surface area (Å²) in [5, 5.41) is 5.73. The maximum absolute atomic E-state index is 6.23. The van der Waals surface area contributed by atoms with Crippen LogP contribution in [-0.4, -0.2) is 5.71 Å².